The second-order valence-electron chi connectivity index (χ2n) is 7.04. The number of nitrogens with zero attached hydrogens (tertiary/aromatic N) is 3. The molecular formula is C17H25N3O3S. The maximum absolute atomic E-state index is 12.4. The molecule has 0 bridgehead atoms. The molecule has 1 aromatic rings. The van der Waals surface area contributed by atoms with E-state index in [0.29, 0.717) is 31.7 Å². The van der Waals surface area contributed by atoms with Crippen LogP contribution in [0, 0.1) is 12.8 Å². The molecule has 3 aliphatic heterocycles. The summed E-state index contributed by atoms with van der Waals surface area (Å²) in [5, 5.41) is 0. The van der Waals surface area contributed by atoms with Gasteiger partial charge in [-0.1, -0.05) is 0 Å². The van der Waals surface area contributed by atoms with Crippen LogP contribution >= 0.6 is 11.3 Å². The molecule has 4 rings (SSSR count). The minimum atomic E-state index is 0.0997. The molecule has 3 fully saturated rings. The Hall–Kier alpha value is -1.02. The van der Waals surface area contributed by atoms with Crippen LogP contribution in [-0.4, -0.2) is 72.3 Å². The zero-order chi connectivity index (χ0) is 16.5. The fourth-order valence-electron chi connectivity index (χ4n) is 4.03. The highest BCUT2D eigenvalue weighted by atomic mass is 32.1. The number of hydrogen-bond acceptors (Lipinski definition) is 6. The lowest BCUT2D eigenvalue weighted by Gasteiger charge is -2.28. The Morgan fingerprint density at radius 2 is 2.21 bits per heavy atom. The summed E-state index contributed by atoms with van der Waals surface area (Å²) in [6.45, 7) is 7.87. The van der Waals surface area contributed by atoms with Gasteiger partial charge < -0.3 is 14.4 Å². The van der Waals surface area contributed by atoms with E-state index in [2.05, 4.69) is 16.8 Å². The number of morpholine rings is 1. The third-order valence-corrected chi connectivity index (χ3v) is 6.29. The zero-order valence-corrected chi connectivity index (χ0v) is 15.0. The molecule has 24 heavy (non-hydrogen) atoms. The first-order valence-corrected chi connectivity index (χ1v) is 9.69. The lowest BCUT2D eigenvalue weighted by molar-refractivity contribution is -0.138. The molecule has 0 N–H and O–H groups in total. The average Bonchev–Trinajstić information content (AvgIpc) is 3.24. The van der Waals surface area contributed by atoms with Gasteiger partial charge in [-0.05, 0) is 13.3 Å². The Bertz CT molecular complexity index is 573. The standard InChI is InChI=1S/C17H25N3O3S/c1-12-16(24-11-18-12)10-19-8-13-6-14(23-15(13)9-19)7-17(21)20-2-4-22-5-3-20/h11,13-15H,2-10H2,1H3/t13-,14+,15+/m1/s1. The van der Waals surface area contributed by atoms with Crippen LogP contribution in [0.1, 0.15) is 23.4 Å². The van der Waals surface area contributed by atoms with Gasteiger partial charge in [0.05, 0.1) is 43.0 Å². The first kappa shape index (κ1) is 16.4. The van der Waals surface area contributed by atoms with Crippen LogP contribution < -0.4 is 0 Å². The van der Waals surface area contributed by atoms with E-state index >= 15 is 0 Å². The van der Waals surface area contributed by atoms with Crippen LogP contribution in [0.5, 0.6) is 0 Å². The largest absolute Gasteiger partial charge is 0.378 e. The summed E-state index contributed by atoms with van der Waals surface area (Å²) >= 11 is 1.74. The van der Waals surface area contributed by atoms with Gasteiger partial charge in [0.25, 0.3) is 0 Å². The molecule has 1 amide bonds. The normalized spacial score (nSPS) is 30.7. The van der Waals surface area contributed by atoms with E-state index in [1.165, 1.54) is 4.88 Å². The predicted octanol–water partition coefficient (Wildman–Crippen LogP) is 1.29. The van der Waals surface area contributed by atoms with E-state index in [1.54, 1.807) is 11.3 Å². The molecule has 7 heteroatoms. The SMILES string of the molecule is Cc1ncsc1CN1C[C@H]2C[C@@H](CC(=O)N3CCOCC3)O[C@H]2C1. The monoisotopic (exact) mass is 351 g/mol. The summed E-state index contributed by atoms with van der Waals surface area (Å²) in [6.07, 6.45) is 1.93. The maximum atomic E-state index is 12.4. The van der Waals surface area contributed by atoms with Gasteiger partial charge in [0.2, 0.25) is 5.91 Å². The molecule has 4 heterocycles. The Morgan fingerprint density at radius 3 is 2.92 bits per heavy atom. The highest BCUT2D eigenvalue weighted by molar-refractivity contribution is 7.09. The number of hydrogen-bond donors (Lipinski definition) is 0. The Morgan fingerprint density at radius 1 is 1.38 bits per heavy atom. The molecule has 0 aliphatic carbocycles. The number of ether oxygens (including phenoxy) is 2. The molecule has 6 nitrogen and oxygen atoms in total. The molecule has 132 valence electrons. The number of fused-ring (bicyclic) bond motifs is 1. The molecule has 0 aromatic carbocycles. The molecule has 0 spiro atoms. The number of likely N-dealkylation sites (tertiary alicyclic amines) is 1. The summed E-state index contributed by atoms with van der Waals surface area (Å²) < 4.78 is 11.5. The number of carbonyl (C=O) groups excluding carboxylic acids is 1. The van der Waals surface area contributed by atoms with Crippen LogP contribution in [0.3, 0.4) is 0 Å². The van der Waals surface area contributed by atoms with Crippen LogP contribution in [-0.2, 0) is 20.8 Å². The number of aryl methyl sites for hydroxylation is 1. The van der Waals surface area contributed by atoms with E-state index in [-0.39, 0.29) is 12.0 Å². The molecule has 0 saturated carbocycles. The topological polar surface area (TPSA) is 54.9 Å². The van der Waals surface area contributed by atoms with Crippen molar-refractivity contribution in [3.63, 3.8) is 0 Å². The van der Waals surface area contributed by atoms with Crippen molar-refractivity contribution in [2.45, 2.75) is 38.5 Å². The fraction of sp³-hybridized carbons (Fsp3) is 0.765. The number of thiazole rings is 1. The number of carbonyl (C=O) groups is 1. The number of rotatable bonds is 4. The molecule has 0 unspecified atom stereocenters. The molecule has 3 aliphatic rings. The Labute approximate surface area is 146 Å². The van der Waals surface area contributed by atoms with E-state index in [1.807, 2.05) is 10.4 Å². The van der Waals surface area contributed by atoms with Crippen LogP contribution in [0.4, 0.5) is 0 Å². The first-order valence-electron chi connectivity index (χ1n) is 8.81. The van der Waals surface area contributed by atoms with Crippen molar-refractivity contribution >= 4 is 17.2 Å². The predicted molar refractivity (Wildman–Crippen MR) is 90.9 cm³/mol. The Kier molecular flexibility index (Phi) is 4.85. The maximum Gasteiger partial charge on any atom is 0.225 e. The van der Waals surface area contributed by atoms with E-state index in [9.17, 15) is 4.79 Å². The summed E-state index contributed by atoms with van der Waals surface area (Å²) in [5.41, 5.74) is 3.07. The fourth-order valence-corrected chi connectivity index (χ4v) is 4.84. The summed E-state index contributed by atoms with van der Waals surface area (Å²) in [6, 6.07) is 0. The van der Waals surface area contributed by atoms with E-state index in [4.69, 9.17) is 9.47 Å². The Balaban J connectivity index is 1.25. The summed E-state index contributed by atoms with van der Waals surface area (Å²) in [5.74, 6) is 0.793. The smallest absolute Gasteiger partial charge is 0.225 e. The van der Waals surface area contributed by atoms with Gasteiger partial charge in [-0.25, -0.2) is 4.98 Å². The van der Waals surface area contributed by atoms with Crippen LogP contribution in [0.25, 0.3) is 0 Å². The quantitative estimate of drug-likeness (QED) is 0.818. The van der Waals surface area contributed by atoms with Gasteiger partial charge in [0, 0.05) is 43.5 Å². The molecule has 1 aromatic heterocycles. The highest BCUT2D eigenvalue weighted by Crippen LogP contribution is 2.35. The average molecular weight is 351 g/mol. The van der Waals surface area contributed by atoms with Gasteiger partial charge in [0.1, 0.15) is 0 Å². The van der Waals surface area contributed by atoms with Crippen molar-refractivity contribution in [1.29, 1.82) is 0 Å². The minimum Gasteiger partial charge on any atom is -0.378 e. The third kappa shape index (κ3) is 3.49. The van der Waals surface area contributed by atoms with Crippen LogP contribution in [0.2, 0.25) is 0 Å². The van der Waals surface area contributed by atoms with Crippen molar-refractivity contribution in [1.82, 2.24) is 14.8 Å². The van der Waals surface area contributed by atoms with E-state index < -0.39 is 0 Å². The highest BCUT2D eigenvalue weighted by Gasteiger charge is 2.42. The molecular weight excluding hydrogens is 326 g/mol. The molecule has 0 radical (unpaired) electrons. The summed E-state index contributed by atoms with van der Waals surface area (Å²) in [4.78, 5) is 22.4. The van der Waals surface area contributed by atoms with Crippen molar-refractivity contribution in [3.8, 4) is 0 Å². The minimum absolute atomic E-state index is 0.0997. The number of amides is 1. The second-order valence-corrected chi connectivity index (χ2v) is 7.98. The number of aromatic nitrogens is 1. The zero-order valence-electron chi connectivity index (χ0n) is 14.1. The lowest BCUT2D eigenvalue weighted by Crippen LogP contribution is -2.42. The third-order valence-electron chi connectivity index (χ3n) is 5.37. The van der Waals surface area contributed by atoms with Crippen molar-refractivity contribution in [2.24, 2.45) is 5.92 Å². The lowest BCUT2D eigenvalue weighted by atomic mass is 10.0. The van der Waals surface area contributed by atoms with E-state index in [0.717, 1.165) is 44.8 Å². The van der Waals surface area contributed by atoms with Gasteiger partial charge in [0.15, 0.2) is 0 Å². The van der Waals surface area contributed by atoms with Gasteiger partial charge in [-0.15, -0.1) is 11.3 Å². The molecule has 3 atom stereocenters. The van der Waals surface area contributed by atoms with Gasteiger partial charge >= 0.3 is 0 Å². The van der Waals surface area contributed by atoms with Crippen molar-refractivity contribution in [2.75, 3.05) is 39.4 Å². The summed E-state index contributed by atoms with van der Waals surface area (Å²) in [7, 11) is 0. The van der Waals surface area contributed by atoms with Crippen LogP contribution in [0.15, 0.2) is 5.51 Å². The van der Waals surface area contributed by atoms with Crippen molar-refractivity contribution in [3.05, 3.63) is 16.1 Å². The van der Waals surface area contributed by atoms with Crippen molar-refractivity contribution < 1.29 is 14.3 Å². The molecule has 3 saturated heterocycles. The first-order chi connectivity index (χ1) is 11.7. The van der Waals surface area contributed by atoms with Gasteiger partial charge in [-0.3, -0.25) is 9.69 Å². The van der Waals surface area contributed by atoms with Gasteiger partial charge in [-0.2, -0.15) is 0 Å². The second kappa shape index (κ2) is 7.07.